The highest BCUT2D eigenvalue weighted by Gasteiger charge is 2.31. The molecule has 1 unspecified atom stereocenters. The van der Waals surface area contributed by atoms with Crippen molar-refractivity contribution in [1.29, 1.82) is 0 Å². The first kappa shape index (κ1) is 14.3. The average Bonchev–Trinajstić information content (AvgIpc) is 2.97. The Bertz CT molecular complexity index is 660. The van der Waals surface area contributed by atoms with Crippen LogP contribution in [0.1, 0.15) is 34.9 Å². The normalized spacial score (nSPS) is 18.0. The lowest BCUT2D eigenvalue weighted by Gasteiger charge is -2.24. The monoisotopic (exact) mass is 321 g/mol. The number of carbonyl (C=O) groups is 1. The van der Waals surface area contributed by atoms with E-state index in [9.17, 15) is 4.79 Å². The molecule has 1 amide bonds. The molecule has 1 atom stereocenters. The predicted molar refractivity (Wildman–Crippen MR) is 81.5 cm³/mol. The van der Waals surface area contributed by atoms with Crippen molar-refractivity contribution in [3.8, 4) is 0 Å². The van der Waals surface area contributed by atoms with E-state index < -0.39 is 0 Å². The average molecular weight is 322 g/mol. The SMILES string of the molecule is O=C(c1cnc(Cl)cn1)N1CCCC1c1cccc(Cl)c1. The van der Waals surface area contributed by atoms with Crippen LogP contribution in [0, 0.1) is 0 Å². The van der Waals surface area contributed by atoms with Gasteiger partial charge in [0.15, 0.2) is 0 Å². The maximum Gasteiger partial charge on any atom is 0.274 e. The molecule has 1 aliphatic heterocycles. The van der Waals surface area contributed by atoms with E-state index in [-0.39, 0.29) is 17.1 Å². The summed E-state index contributed by atoms with van der Waals surface area (Å²) in [5, 5.41) is 0.956. The van der Waals surface area contributed by atoms with Crippen molar-refractivity contribution in [2.24, 2.45) is 0 Å². The van der Waals surface area contributed by atoms with Gasteiger partial charge in [-0.25, -0.2) is 9.97 Å². The van der Waals surface area contributed by atoms with Crippen LogP contribution in [0.15, 0.2) is 36.7 Å². The standard InChI is InChI=1S/C15H13Cl2N3O/c16-11-4-1-3-10(7-11)13-5-2-6-20(13)15(21)12-8-19-14(17)9-18-12/h1,3-4,7-9,13H,2,5-6H2. The van der Waals surface area contributed by atoms with Gasteiger partial charge in [-0.3, -0.25) is 4.79 Å². The lowest BCUT2D eigenvalue weighted by atomic mass is 10.0. The fourth-order valence-corrected chi connectivity index (χ4v) is 2.94. The maximum atomic E-state index is 12.6. The molecule has 2 aromatic rings. The van der Waals surface area contributed by atoms with E-state index in [0.29, 0.717) is 17.3 Å². The number of rotatable bonds is 2. The zero-order valence-corrected chi connectivity index (χ0v) is 12.7. The summed E-state index contributed by atoms with van der Waals surface area (Å²) in [5.74, 6) is -0.123. The summed E-state index contributed by atoms with van der Waals surface area (Å²) in [6, 6.07) is 7.67. The van der Waals surface area contributed by atoms with Crippen LogP contribution >= 0.6 is 23.2 Å². The molecule has 6 heteroatoms. The number of halogens is 2. The second-order valence-electron chi connectivity index (χ2n) is 4.94. The van der Waals surface area contributed by atoms with Crippen molar-refractivity contribution in [3.63, 3.8) is 0 Å². The molecule has 4 nitrogen and oxygen atoms in total. The van der Waals surface area contributed by atoms with Crippen LogP contribution in [-0.4, -0.2) is 27.3 Å². The molecule has 21 heavy (non-hydrogen) atoms. The van der Waals surface area contributed by atoms with E-state index in [0.717, 1.165) is 18.4 Å². The van der Waals surface area contributed by atoms with Crippen molar-refractivity contribution in [3.05, 3.63) is 58.1 Å². The van der Waals surface area contributed by atoms with Gasteiger partial charge in [0.2, 0.25) is 0 Å². The molecule has 0 bridgehead atoms. The van der Waals surface area contributed by atoms with Gasteiger partial charge in [-0.2, -0.15) is 0 Å². The molecule has 3 rings (SSSR count). The molecule has 1 aliphatic rings. The summed E-state index contributed by atoms with van der Waals surface area (Å²) in [7, 11) is 0. The van der Waals surface area contributed by atoms with E-state index in [1.165, 1.54) is 12.4 Å². The maximum absolute atomic E-state index is 12.6. The lowest BCUT2D eigenvalue weighted by molar-refractivity contribution is 0.0729. The number of hydrogen-bond donors (Lipinski definition) is 0. The van der Waals surface area contributed by atoms with Crippen LogP contribution in [0.2, 0.25) is 10.2 Å². The Morgan fingerprint density at radius 2 is 2.10 bits per heavy atom. The fraction of sp³-hybridized carbons (Fsp3) is 0.267. The van der Waals surface area contributed by atoms with Crippen molar-refractivity contribution < 1.29 is 4.79 Å². The second-order valence-corrected chi connectivity index (χ2v) is 5.76. The van der Waals surface area contributed by atoms with Gasteiger partial charge < -0.3 is 4.90 Å². The van der Waals surface area contributed by atoms with Crippen LogP contribution in [0.4, 0.5) is 0 Å². The van der Waals surface area contributed by atoms with E-state index in [2.05, 4.69) is 9.97 Å². The van der Waals surface area contributed by atoms with Crippen LogP contribution < -0.4 is 0 Å². The van der Waals surface area contributed by atoms with E-state index >= 15 is 0 Å². The number of likely N-dealkylation sites (tertiary alicyclic amines) is 1. The molecule has 0 radical (unpaired) electrons. The first-order chi connectivity index (χ1) is 10.1. The highest BCUT2D eigenvalue weighted by atomic mass is 35.5. The quantitative estimate of drug-likeness (QED) is 0.846. The molecule has 0 aliphatic carbocycles. The number of hydrogen-bond acceptors (Lipinski definition) is 3. The Labute approximate surface area is 132 Å². The molecular formula is C15H13Cl2N3O. The van der Waals surface area contributed by atoms with E-state index in [1.807, 2.05) is 29.2 Å². The van der Waals surface area contributed by atoms with E-state index in [4.69, 9.17) is 23.2 Å². The van der Waals surface area contributed by atoms with Crippen LogP contribution in [-0.2, 0) is 0 Å². The third kappa shape index (κ3) is 3.01. The largest absolute Gasteiger partial charge is 0.330 e. The summed E-state index contributed by atoms with van der Waals surface area (Å²) in [6.45, 7) is 0.709. The Hall–Kier alpha value is -1.65. The summed E-state index contributed by atoms with van der Waals surface area (Å²) in [6.07, 6.45) is 4.69. The number of amides is 1. The molecule has 0 spiro atoms. The third-order valence-corrected chi connectivity index (χ3v) is 4.02. The summed E-state index contributed by atoms with van der Waals surface area (Å²) in [4.78, 5) is 22.4. The zero-order chi connectivity index (χ0) is 14.8. The molecular weight excluding hydrogens is 309 g/mol. The van der Waals surface area contributed by atoms with Crippen molar-refractivity contribution >= 4 is 29.1 Å². The Kier molecular flexibility index (Phi) is 4.08. The summed E-state index contributed by atoms with van der Waals surface area (Å²) < 4.78 is 0. The van der Waals surface area contributed by atoms with Gasteiger partial charge >= 0.3 is 0 Å². The van der Waals surface area contributed by atoms with Gasteiger partial charge in [0, 0.05) is 11.6 Å². The molecule has 0 N–H and O–H groups in total. The molecule has 1 fully saturated rings. The number of nitrogens with zero attached hydrogens (tertiary/aromatic N) is 3. The number of benzene rings is 1. The molecule has 2 heterocycles. The lowest BCUT2D eigenvalue weighted by Crippen LogP contribution is -2.31. The van der Waals surface area contributed by atoms with Gasteiger partial charge in [-0.05, 0) is 30.5 Å². The van der Waals surface area contributed by atoms with Crippen molar-refractivity contribution in [2.75, 3.05) is 6.54 Å². The van der Waals surface area contributed by atoms with E-state index in [1.54, 1.807) is 0 Å². The van der Waals surface area contributed by atoms with Crippen LogP contribution in [0.3, 0.4) is 0 Å². The highest BCUT2D eigenvalue weighted by molar-refractivity contribution is 6.30. The smallest absolute Gasteiger partial charge is 0.274 e. The molecule has 1 aromatic heterocycles. The summed E-state index contributed by atoms with van der Waals surface area (Å²) >= 11 is 11.7. The predicted octanol–water partition coefficient (Wildman–Crippen LogP) is 3.76. The molecule has 0 saturated carbocycles. The zero-order valence-electron chi connectivity index (χ0n) is 11.2. The van der Waals surface area contributed by atoms with Gasteiger partial charge in [0.05, 0.1) is 18.4 Å². The number of aromatic nitrogens is 2. The Morgan fingerprint density at radius 3 is 2.81 bits per heavy atom. The topological polar surface area (TPSA) is 46.1 Å². The second kappa shape index (κ2) is 6.00. The van der Waals surface area contributed by atoms with Gasteiger partial charge in [0.25, 0.3) is 5.91 Å². The molecule has 108 valence electrons. The van der Waals surface area contributed by atoms with Gasteiger partial charge in [-0.15, -0.1) is 0 Å². The third-order valence-electron chi connectivity index (χ3n) is 3.59. The Balaban J connectivity index is 1.87. The minimum Gasteiger partial charge on any atom is -0.330 e. The minimum atomic E-state index is -0.123. The van der Waals surface area contributed by atoms with Crippen molar-refractivity contribution in [2.45, 2.75) is 18.9 Å². The minimum absolute atomic E-state index is 0.0358. The first-order valence-electron chi connectivity index (χ1n) is 6.69. The van der Waals surface area contributed by atoms with Crippen LogP contribution in [0.5, 0.6) is 0 Å². The highest BCUT2D eigenvalue weighted by Crippen LogP contribution is 2.33. The van der Waals surface area contributed by atoms with Crippen molar-refractivity contribution in [1.82, 2.24) is 14.9 Å². The molecule has 1 saturated heterocycles. The Morgan fingerprint density at radius 1 is 1.24 bits per heavy atom. The van der Waals surface area contributed by atoms with Gasteiger partial charge in [-0.1, -0.05) is 35.3 Å². The molecule has 1 aromatic carbocycles. The van der Waals surface area contributed by atoms with Gasteiger partial charge in [0.1, 0.15) is 10.8 Å². The fourth-order valence-electron chi connectivity index (χ4n) is 2.64. The number of carbonyl (C=O) groups excluding carboxylic acids is 1. The summed E-state index contributed by atoms with van der Waals surface area (Å²) in [5.41, 5.74) is 1.36. The van der Waals surface area contributed by atoms with Crippen LogP contribution in [0.25, 0.3) is 0 Å². The first-order valence-corrected chi connectivity index (χ1v) is 7.45.